The summed E-state index contributed by atoms with van der Waals surface area (Å²) in [7, 11) is 0. The van der Waals surface area contributed by atoms with Gasteiger partial charge in [0.05, 0.1) is 12.8 Å². The van der Waals surface area contributed by atoms with E-state index in [1.165, 1.54) is 6.21 Å². The highest BCUT2D eigenvalue weighted by atomic mass is 35.5. The van der Waals surface area contributed by atoms with Gasteiger partial charge in [0, 0.05) is 16.3 Å². The number of hydrogen-bond acceptors (Lipinski definition) is 5. The summed E-state index contributed by atoms with van der Waals surface area (Å²) < 4.78 is 11.3. The molecule has 3 rings (SSSR count). The number of benzene rings is 3. The fourth-order valence-corrected chi connectivity index (χ4v) is 3.00. The molecule has 0 heterocycles. The van der Waals surface area contributed by atoms with Gasteiger partial charge in [-0.25, -0.2) is 5.43 Å². The first-order valence-electron chi connectivity index (χ1n) is 10.3. The van der Waals surface area contributed by atoms with E-state index >= 15 is 0 Å². The zero-order valence-corrected chi connectivity index (χ0v) is 19.1. The molecule has 33 heavy (non-hydrogen) atoms. The normalized spacial score (nSPS) is 10.6. The van der Waals surface area contributed by atoms with Crippen molar-refractivity contribution in [2.24, 2.45) is 5.10 Å². The minimum Gasteiger partial charge on any atom is -0.490 e. The van der Waals surface area contributed by atoms with Gasteiger partial charge in [-0.15, -0.1) is 0 Å². The highest BCUT2D eigenvalue weighted by Crippen LogP contribution is 2.28. The van der Waals surface area contributed by atoms with Crippen LogP contribution in [0.25, 0.3) is 0 Å². The zero-order chi connectivity index (χ0) is 23.6. The minimum atomic E-state index is -0.327. The van der Waals surface area contributed by atoms with Crippen LogP contribution >= 0.6 is 11.6 Å². The summed E-state index contributed by atoms with van der Waals surface area (Å²) in [6.45, 7) is 3.94. The molecule has 7 nitrogen and oxygen atoms in total. The number of nitrogens with one attached hydrogen (secondary N) is 2. The lowest BCUT2D eigenvalue weighted by molar-refractivity contribution is -0.118. The van der Waals surface area contributed by atoms with Crippen LogP contribution in [0.1, 0.15) is 28.4 Å². The average Bonchev–Trinajstić information content (AvgIpc) is 2.81. The number of carbonyl (C=O) groups excluding carboxylic acids is 2. The second-order valence-corrected chi connectivity index (χ2v) is 7.41. The number of rotatable bonds is 9. The molecule has 0 aliphatic rings. The Bertz CT molecular complexity index is 1150. The van der Waals surface area contributed by atoms with Gasteiger partial charge in [0.1, 0.15) is 0 Å². The second-order valence-electron chi connectivity index (χ2n) is 7.01. The van der Waals surface area contributed by atoms with Crippen molar-refractivity contribution in [3.05, 3.63) is 88.4 Å². The maximum Gasteiger partial charge on any atom is 0.271 e. The molecular formula is C25H24ClN3O4. The summed E-state index contributed by atoms with van der Waals surface area (Å²) in [6.07, 6.45) is 1.50. The molecule has 0 atom stereocenters. The summed E-state index contributed by atoms with van der Waals surface area (Å²) in [4.78, 5) is 24.3. The molecule has 8 heteroatoms. The van der Waals surface area contributed by atoms with Crippen molar-refractivity contribution in [2.75, 3.05) is 18.5 Å². The average molecular weight is 466 g/mol. The Morgan fingerprint density at radius 1 is 1.00 bits per heavy atom. The van der Waals surface area contributed by atoms with Crippen LogP contribution in [-0.2, 0) is 4.79 Å². The number of nitrogens with zero attached hydrogens (tertiary/aromatic N) is 1. The second kappa shape index (κ2) is 11.7. The Kier molecular flexibility index (Phi) is 8.43. The summed E-state index contributed by atoms with van der Waals surface area (Å²) >= 11 is 6.09. The number of ether oxygens (including phenoxy) is 2. The minimum absolute atomic E-state index is 0.202. The van der Waals surface area contributed by atoms with Crippen LogP contribution in [0, 0.1) is 6.92 Å². The molecule has 0 bridgehead atoms. The van der Waals surface area contributed by atoms with Gasteiger partial charge < -0.3 is 14.8 Å². The molecule has 3 aromatic rings. The SMILES string of the molecule is CCOc1cc(/C=N/NC(=O)c2ccccc2)ccc1OCC(=O)Nc1ccc(C)c(Cl)c1. The Morgan fingerprint density at radius 2 is 1.79 bits per heavy atom. The predicted octanol–water partition coefficient (Wildman–Crippen LogP) is 4.83. The molecule has 0 aliphatic heterocycles. The standard InChI is InChI=1S/C25H24ClN3O4/c1-3-32-23-13-18(15-27-29-25(31)19-7-5-4-6-8-19)10-12-22(23)33-16-24(30)28-20-11-9-17(2)21(26)14-20/h4-15H,3,16H2,1-2H3,(H,28,30)(H,29,31)/b27-15+. The summed E-state index contributed by atoms with van der Waals surface area (Å²) in [5.41, 5.74) is 5.20. The molecule has 0 unspecified atom stereocenters. The van der Waals surface area contributed by atoms with Crippen LogP contribution in [0.15, 0.2) is 71.8 Å². The monoisotopic (exact) mass is 465 g/mol. The van der Waals surface area contributed by atoms with Gasteiger partial charge in [-0.3, -0.25) is 9.59 Å². The van der Waals surface area contributed by atoms with E-state index in [4.69, 9.17) is 21.1 Å². The number of hydrazone groups is 1. The van der Waals surface area contributed by atoms with Crippen molar-refractivity contribution in [1.82, 2.24) is 5.43 Å². The molecule has 0 radical (unpaired) electrons. The number of halogens is 1. The summed E-state index contributed by atoms with van der Waals surface area (Å²) in [5.74, 6) is 0.241. The van der Waals surface area contributed by atoms with Crippen LogP contribution in [0.3, 0.4) is 0 Å². The third-order valence-electron chi connectivity index (χ3n) is 4.50. The van der Waals surface area contributed by atoms with Crippen LogP contribution in [0.2, 0.25) is 5.02 Å². The first kappa shape index (κ1) is 23.8. The van der Waals surface area contributed by atoms with Crippen molar-refractivity contribution in [2.45, 2.75) is 13.8 Å². The lowest BCUT2D eigenvalue weighted by Gasteiger charge is -2.13. The highest BCUT2D eigenvalue weighted by molar-refractivity contribution is 6.31. The van der Waals surface area contributed by atoms with Crippen molar-refractivity contribution in [3.63, 3.8) is 0 Å². The Labute approximate surface area is 197 Å². The molecule has 0 aliphatic carbocycles. The molecule has 0 aromatic heterocycles. The molecule has 3 aromatic carbocycles. The number of hydrogen-bond donors (Lipinski definition) is 2. The number of amides is 2. The number of aryl methyl sites for hydroxylation is 1. The predicted molar refractivity (Wildman–Crippen MR) is 129 cm³/mol. The summed E-state index contributed by atoms with van der Waals surface area (Å²) in [6, 6.07) is 19.2. The smallest absolute Gasteiger partial charge is 0.271 e. The number of anilines is 1. The third-order valence-corrected chi connectivity index (χ3v) is 4.90. The van der Waals surface area contributed by atoms with Crippen molar-refractivity contribution >= 4 is 35.3 Å². The van der Waals surface area contributed by atoms with Crippen molar-refractivity contribution in [3.8, 4) is 11.5 Å². The zero-order valence-electron chi connectivity index (χ0n) is 18.3. The van der Waals surface area contributed by atoms with E-state index in [0.29, 0.717) is 39.9 Å². The van der Waals surface area contributed by atoms with Gasteiger partial charge in [-0.1, -0.05) is 35.9 Å². The van der Waals surface area contributed by atoms with E-state index in [9.17, 15) is 9.59 Å². The van der Waals surface area contributed by atoms with Gasteiger partial charge in [-0.2, -0.15) is 5.10 Å². The molecule has 0 spiro atoms. The van der Waals surface area contributed by atoms with Gasteiger partial charge in [-0.05, 0) is 67.4 Å². The van der Waals surface area contributed by atoms with E-state index in [1.54, 1.807) is 54.6 Å². The topological polar surface area (TPSA) is 89.0 Å². The Morgan fingerprint density at radius 3 is 2.52 bits per heavy atom. The first-order chi connectivity index (χ1) is 16.0. The fourth-order valence-electron chi connectivity index (χ4n) is 2.82. The van der Waals surface area contributed by atoms with Crippen molar-refractivity contribution < 1.29 is 19.1 Å². The first-order valence-corrected chi connectivity index (χ1v) is 10.7. The molecule has 2 N–H and O–H groups in total. The van der Waals surface area contributed by atoms with E-state index in [1.807, 2.05) is 26.0 Å². The number of carbonyl (C=O) groups is 2. The van der Waals surface area contributed by atoms with Crippen LogP contribution in [0.5, 0.6) is 11.5 Å². The third kappa shape index (κ3) is 7.08. The van der Waals surface area contributed by atoms with Crippen molar-refractivity contribution in [1.29, 1.82) is 0 Å². The molecule has 0 fully saturated rings. The molecular weight excluding hydrogens is 442 g/mol. The van der Waals surface area contributed by atoms with E-state index in [-0.39, 0.29) is 18.4 Å². The molecule has 0 saturated heterocycles. The van der Waals surface area contributed by atoms with E-state index in [2.05, 4.69) is 15.8 Å². The molecule has 170 valence electrons. The van der Waals surface area contributed by atoms with Gasteiger partial charge in [0.15, 0.2) is 18.1 Å². The Hall–Kier alpha value is -3.84. The van der Waals surface area contributed by atoms with E-state index in [0.717, 1.165) is 5.56 Å². The Balaban J connectivity index is 1.60. The van der Waals surface area contributed by atoms with Crippen LogP contribution < -0.4 is 20.2 Å². The maximum absolute atomic E-state index is 12.3. The highest BCUT2D eigenvalue weighted by Gasteiger charge is 2.10. The maximum atomic E-state index is 12.3. The quantitative estimate of drug-likeness (QED) is 0.350. The lowest BCUT2D eigenvalue weighted by Crippen LogP contribution is -2.20. The van der Waals surface area contributed by atoms with Crippen LogP contribution in [-0.4, -0.2) is 31.2 Å². The van der Waals surface area contributed by atoms with Gasteiger partial charge >= 0.3 is 0 Å². The van der Waals surface area contributed by atoms with Crippen LogP contribution in [0.4, 0.5) is 5.69 Å². The van der Waals surface area contributed by atoms with E-state index < -0.39 is 0 Å². The fraction of sp³-hybridized carbons (Fsp3) is 0.160. The summed E-state index contributed by atoms with van der Waals surface area (Å²) in [5, 5.41) is 7.31. The van der Waals surface area contributed by atoms with Gasteiger partial charge in [0.25, 0.3) is 11.8 Å². The molecule has 2 amide bonds. The van der Waals surface area contributed by atoms with Gasteiger partial charge in [0.2, 0.25) is 0 Å². The largest absolute Gasteiger partial charge is 0.490 e. The molecule has 0 saturated carbocycles. The lowest BCUT2D eigenvalue weighted by atomic mass is 10.2.